The van der Waals surface area contributed by atoms with Gasteiger partial charge in [-0.2, -0.15) is 0 Å². The number of anilines is 2. The molecule has 0 fully saturated rings. The van der Waals surface area contributed by atoms with Gasteiger partial charge in [-0.05, 0) is 55.1 Å². The van der Waals surface area contributed by atoms with Crippen molar-refractivity contribution in [2.75, 3.05) is 10.2 Å². The lowest BCUT2D eigenvalue weighted by atomic mass is 10.1. The zero-order valence-corrected chi connectivity index (χ0v) is 17.7. The van der Waals surface area contributed by atoms with Gasteiger partial charge < -0.3 is 5.32 Å². The van der Waals surface area contributed by atoms with Gasteiger partial charge in [0.2, 0.25) is 0 Å². The second-order valence-electron chi connectivity index (χ2n) is 6.60. The molecular weight excluding hydrogens is 436 g/mol. The lowest BCUT2D eigenvalue weighted by Gasteiger charge is -2.18. The van der Waals surface area contributed by atoms with E-state index < -0.39 is 0 Å². The summed E-state index contributed by atoms with van der Waals surface area (Å²) in [5, 5.41) is 5.07. The zero-order chi connectivity index (χ0) is 19.8. The molecule has 0 spiro atoms. The predicted octanol–water partition coefficient (Wildman–Crippen LogP) is 5.52. The fourth-order valence-electron chi connectivity index (χ4n) is 3.28. The van der Waals surface area contributed by atoms with E-state index in [0.29, 0.717) is 17.0 Å². The molecule has 0 saturated carbocycles. The van der Waals surface area contributed by atoms with Gasteiger partial charge in [0, 0.05) is 15.0 Å². The molecule has 4 rings (SSSR count). The van der Waals surface area contributed by atoms with Gasteiger partial charge in [-0.3, -0.25) is 9.59 Å². The molecule has 6 heteroatoms. The highest BCUT2D eigenvalue weighted by Crippen LogP contribution is 2.36. The van der Waals surface area contributed by atoms with Crippen molar-refractivity contribution in [1.82, 2.24) is 0 Å². The van der Waals surface area contributed by atoms with Gasteiger partial charge in [0.25, 0.3) is 11.8 Å². The molecule has 140 valence electrons. The number of nitrogens with one attached hydrogen (secondary N) is 1. The Labute approximate surface area is 175 Å². The number of aryl methyl sites for hydroxylation is 2. The Morgan fingerprint density at radius 1 is 0.964 bits per heavy atom. The van der Waals surface area contributed by atoms with E-state index in [1.807, 2.05) is 73.8 Å². The largest absolute Gasteiger partial charge is 0.350 e. The van der Waals surface area contributed by atoms with Crippen molar-refractivity contribution in [3.63, 3.8) is 0 Å². The summed E-state index contributed by atoms with van der Waals surface area (Å²) in [6.45, 7) is 3.90. The molecule has 2 amide bonds. The lowest BCUT2D eigenvalue weighted by Crippen LogP contribution is -2.33. The standard InChI is InChI=1S/C22H17BrN2O2S/c1-13-8-9-17(14(2)11-13)25-21(26)19(18-7-4-10-28-18)20(22(25)27)24-16-6-3-5-15(23)12-16/h3-12,24H,1-2H3. The summed E-state index contributed by atoms with van der Waals surface area (Å²) >= 11 is 4.88. The highest BCUT2D eigenvalue weighted by Gasteiger charge is 2.41. The van der Waals surface area contributed by atoms with Crippen molar-refractivity contribution in [1.29, 1.82) is 0 Å². The third kappa shape index (κ3) is 3.30. The molecule has 0 radical (unpaired) electrons. The van der Waals surface area contributed by atoms with Crippen LogP contribution < -0.4 is 10.2 Å². The summed E-state index contributed by atoms with van der Waals surface area (Å²) in [6.07, 6.45) is 0. The van der Waals surface area contributed by atoms with Crippen LogP contribution in [0, 0.1) is 13.8 Å². The van der Waals surface area contributed by atoms with Crippen molar-refractivity contribution in [3.05, 3.63) is 86.2 Å². The maximum Gasteiger partial charge on any atom is 0.282 e. The van der Waals surface area contributed by atoms with Crippen LogP contribution in [0.2, 0.25) is 0 Å². The minimum absolute atomic E-state index is 0.297. The highest BCUT2D eigenvalue weighted by atomic mass is 79.9. The molecule has 0 saturated heterocycles. The minimum Gasteiger partial charge on any atom is -0.350 e. The Morgan fingerprint density at radius 3 is 2.46 bits per heavy atom. The maximum atomic E-state index is 13.3. The van der Waals surface area contributed by atoms with Crippen LogP contribution in [0.1, 0.15) is 16.0 Å². The van der Waals surface area contributed by atoms with Crippen LogP contribution in [-0.2, 0) is 9.59 Å². The van der Waals surface area contributed by atoms with Gasteiger partial charge in [0.1, 0.15) is 5.70 Å². The van der Waals surface area contributed by atoms with Crippen LogP contribution in [-0.4, -0.2) is 11.8 Å². The van der Waals surface area contributed by atoms with E-state index in [2.05, 4.69) is 21.2 Å². The smallest absolute Gasteiger partial charge is 0.282 e. The third-order valence-corrected chi connectivity index (χ3v) is 5.92. The number of imide groups is 1. The first-order valence-corrected chi connectivity index (χ1v) is 10.4. The van der Waals surface area contributed by atoms with Gasteiger partial charge in [0.15, 0.2) is 0 Å². The van der Waals surface area contributed by atoms with Crippen molar-refractivity contribution in [2.45, 2.75) is 13.8 Å². The van der Waals surface area contributed by atoms with Crippen LogP contribution in [0.25, 0.3) is 5.57 Å². The monoisotopic (exact) mass is 452 g/mol. The fraction of sp³-hybridized carbons (Fsp3) is 0.0909. The molecule has 0 bridgehead atoms. The molecule has 0 aliphatic carbocycles. The number of halogens is 1. The first-order valence-electron chi connectivity index (χ1n) is 8.72. The number of thiophene rings is 1. The van der Waals surface area contributed by atoms with E-state index in [9.17, 15) is 9.59 Å². The van der Waals surface area contributed by atoms with Gasteiger partial charge in [-0.25, -0.2) is 4.90 Å². The summed E-state index contributed by atoms with van der Waals surface area (Å²) in [7, 11) is 0. The number of benzene rings is 2. The maximum absolute atomic E-state index is 13.3. The average Bonchev–Trinajstić information content (AvgIpc) is 3.24. The van der Waals surface area contributed by atoms with Crippen molar-refractivity contribution in [2.24, 2.45) is 0 Å². The van der Waals surface area contributed by atoms with E-state index in [0.717, 1.165) is 26.2 Å². The molecule has 1 aliphatic rings. The number of rotatable bonds is 4. The average molecular weight is 453 g/mol. The second kappa shape index (κ2) is 7.37. The third-order valence-electron chi connectivity index (χ3n) is 4.54. The van der Waals surface area contributed by atoms with Gasteiger partial charge >= 0.3 is 0 Å². The molecule has 2 heterocycles. The Balaban J connectivity index is 1.82. The van der Waals surface area contributed by atoms with Crippen molar-refractivity contribution in [3.8, 4) is 0 Å². The van der Waals surface area contributed by atoms with E-state index >= 15 is 0 Å². The van der Waals surface area contributed by atoms with Gasteiger partial charge in [0.05, 0.1) is 11.3 Å². The molecule has 1 aliphatic heterocycles. The number of amides is 2. The topological polar surface area (TPSA) is 49.4 Å². The molecule has 1 aromatic heterocycles. The Bertz CT molecular complexity index is 1120. The minimum atomic E-state index is -0.347. The van der Waals surface area contributed by atoms with Crippen LogP contribution in [0.15, 0.2) is 70.1 Å². The lowest BCUT2D eigenvalue weighted by molar-refractivity contribution is -0.120. The van der Waals surface area contributed by atoms with E-state index in [1.54, 1.807) is 0 Å². The first-order chi connectivity index (χ1) is 13.5. The van der Waals surface area contributed by atoms with Crippen LogP contribution >= 0.6 is 27.3 Å². The first kappa shape index (κ1) is 18.7. The molecule has 4 nitrogen and oxygen atoms in total. The fourth-order valence-corrected chi connectivity index (χ4v) is 4.45. The molecular formula is C22H17BrN2O2S. The van der Waals surface area contributed by atoms with Crippen LogP contribution in [0.3, 0.4) is 0 Å². The van der Waals surface area contributed by atoms with E-state index in [-0.39, 0.29) is 11.8 Å². The summed E-state index contributed by atoms with van der Waals surface area (Å²) in [5.74, 6) is -0.655. The summed E-state index contributed by atoms with van der Waals surface area (Å²) < 4.78 is 0.888. The molecule has 0 unspecified atom stereocenters. The van der Waals surface area contributed by atoms with E-state index in [4.69, 9.17) is 0 Å². The number of nitrogens with zero attached hydrogens (tertiary/aromatic N) is 1. The SMILES string of the molecule is Cc1ccc(N2C(=O)C(Nc3cccc(Br)c3)=C(c3cccs3)C2=O)c(C)c1. The number of hydrogen-bond donors (Lipinski definition) is 1. The quantitative estimate of drug-likeness (QED) is 0.529. The molecule has 2 aromatic carbocycles. The van der Waals surface area contributed by atoms with Gasteiger partial charge in [-0.15, -0.1) is 11.3 Å². The normalized spacial score (nSPS) is 14.2. The summed E-state index contributed by atoms with van der Waals surface area (Å²) in [4.78, 5) is 28.7. The Hall–Kier alpha value is -2.70. The highest BCUT2D eigenvalue weighted by molar-refractivity contribution is 9.10. The molecule has 3 aromatic rings. The van der Waals surface area contributed by atoms with Crippen molar-refractivity contribution >= 4 is 56.0 Å². The summed E-state index contributed by atoms with van der Waals surface area (Å²) in [6, 6.07) is 17.0. The van der Waals surface area contributed by atoms with E-state index in [1.165, 1.54) is 16.2 Å². The Morgan fingerprint density at radius 2 is 1.79 bits per heavy atom. The molecule has 28 heavy (non-hydrogen) atoms. The number of hydrogen-bond acceptors (Lipinski definition) is 4. The van der Waals surface area contributed by atoms with Crippen molar-refractivity contribution < 1.29 is 9.59 Å². The Kier molecular flexibility index (Phi) is 4.91. The molecule has 1 N–H and O–H groups in total. The van der Waals surface area contributed by atoms with Gasteiger partial charge in [-0.1, -0.05) is 45.8 Å². The predicted molar refractivity (Wildman–Crippen MR) is 117 cm³/mol. The van der Waals surface area contributed by atoms with Crippen LogP contribution in [0.5, 0.6) is 0 Å². The second-order valence-corrected chi connectivity index (χ2v) is 8.46. The molecule has 0 atom stereocenters. The summed E-state index contributed by atoms with van der Waals surface area (Å²) in [5.41, 5.74) is 4.02. The number of carbonyl (C=O) groups excluding carboxylic acids is 2. The number of carbonyl (C=O) groups is 2. The van der Waals surface area contributed by atoms with Crippen LogP contribution in [0.4, 0.5) is 11.4 Å². The zero-order valence-electron chi connectivity index (χ0n) is 15.3.